The van der Waals surface area contributed by atoms with Crippen molar-refractivity contribution in [2.24, 2.45) is 0 Å². The second kappa shape index (κ2) is 4.93. The van der Waals surface area contributed by atoms with E-state index in [1.807, 2.05) is 12.1 Å². The highest BCUT2D eigenvalue weighted by atomic mass is 35.5. The fourth-order valence-corrected chi connectivity index (χ4v) is 2.34. The minimum Gasteiger partial charge on any atom is -0.237 e. The van der Waals surface area contributed by atoms with E-state index in [0.717, 1.165) is 17.9 Å². The first-order valence-electron chi connectivity index (χ1n) is 5.21. The molecule has 0 aliphatic heterocycles. The van der Waals surface area contributed by atoms with E-state index in [1.54, 1.807) is 11.3 Å². The van der Waals surface area contributed by atoms with Crippen LogP contribution in [-0.2, 0) is 6.42 Å². The minimum atomic E-state index is 0.377. The van der Waals surface area contributed by atoms with Crippen LogP contribution in [0.1, 0.15) is 36.2 Å². The average Bonchev–Trinajstić information content (AvgIpc) is 2.69. The fourth-order valence-electron chi connectivity index (χ4n) is 1.43. The molecule has 4 heteroatoms. The lowest BCUT2D eigenvalue weighted by atomic mass is 10.1. The molecule has 0 spiro atoms. The highest BCUT2D eigenvalue weighted by Gasteiger charge is 2.07. The molecule has 2 heterocycles. The maximum atomic E-state index is 5.99. The summed E-state index contributed by atoms with van der Waals surface area (Å²) in [6.07, 6.45) is 0.762. The Kier molecular flexibility index (Phi) is 3.56. The summed E-state index contributed by atoms with van der Waals surface area (Å²) in [4.78, 5) is 10.0. The number of hydrogen-bond acceptors (Lipinski definition) is 3. The number of hydrogen-bond donors (Lipinski definition) is 0. The van der Waals surface area contributed by atoms with Crippen molar-refractivity contribution < 1.29 is 0 Å². The predicted molar refractivity (Wildman–Crippen MR) is 68.3 cm³/mol. The molecule has 0 radical (unpaired) electrons. The van der Waals surface area contributed by atoms with Crippen LogP contribution in [-0.4, -0.2) is 9.97 Å². The molecule has 0 fully saturated rings. The van der Waals surface area contributed by atoms with Gasteiger partial charge in [-0.15, -0.1) is 11.3 Å². The summed E-state index contributed by atoms with van der Waals surface area (Å²) in [7, 11) is 0. The lowest BCUT2D eigenvalue weighted by molar-refractivity contribution is 0.793. The highest BCUT2D eigenvalue weighted by molar-refractivity contribution is 7.09. The Balaban J connectivity index is 2.27. The van der Waals surface area contributed by atoms with Gasteiger partial charge < -0.3 is 0 Å². The summed E-state index contributed by atoms with van der Waals surface area (Å²) in [5.41, 5.74) is 1.01. The van der Waals surface area contributed by atoms with Crippen LogP contribution in [0.2, 0.25) is 5.15 Å². The third-order valence-corrected chi connectivity index (χ3v) is 3.33. The van der Waals surface area contributed by atoms with Crippen molar-refractivity contribution in [1.29, 1.82) is 0 Å². The van der Waals surface area contributed by atoms with Gasteiger partial charge in [0.1, 0.15) is 11.0 Å². The van der Waals surface area contributed by atoms with Crippen molar-refractivity contribution in [2.45, 2.75) is 26.2 Å². The van der Waals surface area contributed by atoms with Crippen molar-refractivity contribution in [2.75, 3.05) is 0 Å². The number of thiophene rings is 1. The number of aromatic nitrogens is 2. The summed E-state index contributed by atoms with van der Waals surface area (Å²) in [6.45, 7) is 4.21. The molecule has 2 aromatic rings. The van der Waals surface area contributed by atoms with Crippen LogP contribution in [0, 0.1) is 0 Å². The summed E-state index contributed by atoms with van der Waals surface area (Å²) >= 11 is 7.70. The van der Waals surface area contributed by atoms with Gasteiger partial charge in [-0.2, -0.15) is 0 Å². The molecule has 2 aromatic heterocycles. The third kappa shape index (κ3) is 2.80. The monoisotopic (exact) mass is 252 g/mol. The van der Waals surface area contributed by atoms with Gasteiger partial charge in [-0.1, -0.05) is 31.5 Å². The van der Waals surface area contributed by atoms with Crippen molar-refractivity contribution in [1.82, 2.24) is 9.97 Å². The first-order valence-corrected chi connectivity index (χ1v) is 6.46. The Bertz CT molecular complexity index is 466. The van der Waals surface area contributed by atoms with Gasteiger partial charge in [0.25, 0.3) is 0 Å². The van der Waals surface area contributed by atoms with E-state index in [-0.39, 0.29) is 0 Å². The zero-order valence-corrected chi connectivity index (χ0v) is 10.8. The first-order chi connectivity index (χ1) is 7.65. The quantitative estimate of drug-likeness (QED) is 0.774. The predicted octanol–water partition coefficient (Wildman–Crippen LogP) is 3.91. The molecule has 0 amide bonds. The molecule has 0 bridgehead atoms. The third-order valence-electron chi connectivity index (χ3n) is 2.26. The molecule has 2 nitrogen and oxygen atoms in total. The van der Waals surface area contributed by atoms with E-state index in [0.29, 0.717) is 11.1 Å². The molecule has 2 rings (SSSR count). The number of halogens is 1. The molecule has 0 saturated heterocycles. The van der Waals surface area contributed by atoms with E-state index in [2.05, 4.69) is 35.3 Å². The van der Waals surface area contributed by atoms with Crippen LogP contribution in [0.15, 0.2) is 23.6 Å². The van der Waals surface area contributed by atoms with E-state index < -0.39 is 0 Å². The Morgan fingerprint density at radius 1 is 1.38 bits per heavy atom. The molecular formula is C12H13ClN2S. The average molecular weight is 253 g/mol. The highest BCUT2D eigenvalue weighted by Crippen LogP contribution is 2.18. The second-order valence-corrected chi connectivity index (χ2v) is 5.36. The van der Waals surface area contributed by atoms with Crippen LogP contribution < -0.4 is 0 Å². The second-order valence-electron chi connectivity index (χ2n) is 3.94. The van der Waals surface area contributed by atoms with Crippen LogP contribution in [0.3, 0.4) is 0 Å². The molecule has 0 aromatic carbocycles. The lowest BCUT2D eigenvalue weighted by Gasteiger charge is -2.06. The van der Waals surface area contributed by atoms with Crippen LogP contribution >= 0.6 is 22.9 Å². The topological polar surface area (TPSA) is 25.8 Å². The zero-order chi connectivity index (χ0) is 11.5. The number of rotatable bonds is 3. The van der Waals surface area contributed by atoms with Gasteiger partial charge in [-0.25, -0.2) is 9.97 Å². The molecule has 84 valence electrons. The van der Waals surface area contributed by atoms with E-state index >= 15 is 0 Å². The molecule has 16 heavy (non-hydrogen) atoms. The summed E-state index contributed by atoms with van der Waals surface area (Å²) in [6, 6.07) is 5.96. The largest absolute Gasteiger partial charge is 0.237 e. The summed E-state index contributed by atoms with van der Waals surface area (Å²) in [5, 5.41) is 2.59. The van der Waals surface area contributed by atoms with Crippen LogP contribution in [0.5, 0.6) is 0 Å². The maximum absolute atomic E-state index is 5.99. The van der Waals surface area contributed by atoms with E-state index in [4.69, 9.17) is 11.6 Å². The lowest BCUT2D eigenvalue weighted by Crippen LogP contribution is -2.01. The van der Waals surface area contributed by atoms with Crippen LogP contribution in [0.25, 0.3) is 0 Å². The molecule has 0 aliphatic rings. The Labute approximate surface area is 104 Å². The van der Waals surface area contributed by atoms with Crippen molar-refractivity contribution in [3.05, 3.63) is 45.1 Å². The van der Waals surface area contributed by atoms with Gasteiger partial charge in [-0.05, 0) is 23.4 Å². The van der Waals surface area contributed by atoms with Gasteiger partial charge in [0, 0.05) is 17.0 Å². The fraction of sp³-hybridized carbons (Fsp3) is 0.333. The minimum absolute atomic E-state index is 0.377. The van der Waals surface area contributed by atoms with Crippen molar-refractivity contribution >= 4 is 22.9 Å². The molecular weight excluding hydrogens is 240 g/mol. The van der Waals surface area contributed by atoms with Gasteiger partial charge in [-0.3, -0.25) is 0 Å². The van der Waals surface area contributed by atoms with Crippen molar-refractivity contribution in [3.8, 4) is 0 Å². The standard InChI is InChI=1S/C12H13ClN2S/c1-8(2)10-7-11(13)15-12(14-10)6-9-4-3-5-16-9/h3-5,7-8H,6H2,1-2H3. The molecule has 0 N–H and O–H groups in total. The van der Waals surface area contributed by atoms with Gasteiger partial charge in [0.2, 0.25) is 0 Å². The summed E-state index contributed by atoms with van der Waals surface area (Å²) < 4.78 is 0. The van der Waals surface area contributed by atoms with Crippen molar-refractivity contribution in [3.63, 3.8) is 0 Å². The Hall–Kier alpha value is -0.930. The first kappa shape index (κ1) is 11.6. The Morgan fingerprint density at radius 2 is 2.19 bits per heavy atom. The summed E-state index contributed by atoms with van der Waals surface area (Å²) in [5.74, 6) is 1.18. The maximum Gasteiger partial charge on any atom is 0.135 e. The Morgan fingerprint density at radius 3 is 2.81 bits per heavy atom. The van der Waals surface area contributed by atoms with Crippen LogP contribution in [0.4, 0.5) is 0 Å². The van der Waals surface area contributed by atoms with Gasteiger partial charge in [0.05, 0.1) is 0 Å². The van der Waals surface area contributed by atoms with E-state index in [1.165, 1.54) is 4.88 Å². The van der Waals surface area contributed by atoms with E-state index in [9.17, 15) is 0 Å². The SMILES string of the molecule is CC(C)c1cc(Cl)nc(Cc2cccs2)n1. The van der Waals surface area contributed by atoms with Gasteiger partial charge in [0.15, 0.2) is 0 Å². The smallest absolute Gasteiger partial charge is 0.135 e. The molecule has 0 unspecified atom stereocenters. The zero-order valence-electron chi connectivity index (χ0n) is 9.27. The molecule has 0 saturated carbocycles. The molecule has 0 aliphatic carbocycles. The number of nitrogens with zero attached hydrogens (tertiary/aromatic N) is 2. The normalized spacial score (nSPS) is 11.0. The van der Waals surface area contributed by atoms with Gasteiger partial charge >= 0.3 is 0 Å². The molecule has 0 atom stereocenters.